The van der Waals surface area contributed by atoms with Gasteiger partial charge in [-0.3, -0.25) is 18.9 Å². The van der Waals surface area contributed by atoms with E-state index in [1.807, 2.05) is 0 Å². The van der Waals surface area contributed by atoms with E-state index in [0.717, 1.165) is 18.2 Å². The van der Waals surface area contributed by atoms with Gasteiger partial charge in [0.05, 0.1) is 21.9 Å². The Kier molecular flexibility index (Phi) is 10.1. The first-order chi connectivity index (χ1) is 24.7. The zero-order valence-corrected chi connectivity index (χ0v) is 29.0. The lowest BCUT2D eigenvalue weighted by Crippen LogP contribution is -2.16. The number of hydrogen-bond donors (Lipinski definition) is 3. The number of anilines is 2. The molecular weight excluding hydrogens is 761 g/mol. The topological polar surface area (TPSA) is 237 Å². The van der Waals surface area contributed by atoms with E-state index in [9.17, 15) is 36.6 Å². The standard InChI is InChI=1S/C32H21Cl2N7O9S2/c33-30-36-31(34)38-32(37-30)35-23-17-22-19(16-26(51(45,46)47)27(28(22)42)40-39-20-11-5-2-6-12-20)15-25(23)52(48,49)50-29(18-9-3-1-4-10-18)21-13-7-8-14-24(21)41(43)44/h1-17,29,42H,(H,45,46,47)(H,35,36,37,38)/b40-39+. The van der Waals surface area contributed by atoms with E-state index >= 15 is 0 Å². The third-order valence-corrected chi connectivity index (χ3v) is 9.82. The van der Waals surface area contributed by atoms with E-state index < -0.39 is 58.2 Å². The molecule has 20 heteroatoms. The fourth-order valence-corrected chi connectivity index (χ4v) is 7.29. The van der Waals surface area contributed by atoms with Gasteiger partial charge in [-0.1, -0.05) is 60.7 Å². The second-order valence-corrected chi connectivity index (χ2v) is 14.2. The van der Waals surface area contributed by atoms with Gasteiger partial charge in [0.15, 0.2) is 5.75 Å². The van der Waals surface area contributed by atoms with Crippen LogP contribution in [0.2, 0.25) is 10.6 Å². The summed E-state index contributed by atoms with van der Waals surface area (Å²) in [6.45, 7) is 0. The highest BCUT2D eigenvalue weighted by atomic mass is 35.5. The molecule has 1 atom stereocenters. The number of benzene rings is 5. The number of rotatable bonds is 11. The van der Waals surface area contributed by atoms with E-state index in [1.165, 1.54) is 36.4 Å². The summed E-state index contributed by atoms with van der Waals surface area (Å²) in [6, 6.07) is 24.2. The van der Waals surface area contributed by atoms with Crippen molar-refractivity contribution in [1.82, 2.24) is 15.0 Å². The van der Waals surface area contributed by atoms with Gasteiger partial charge >= 0.3 is 0 Å². The van der Waals surface area contributed by atoms with Gasteiger partial charge in [-0.05, 0) is 70.5 Å². The Morgan fingerprint density at radius 1 is 0.808 bits per heavy atom. The number of nitro groups is 1. The lowest BCUT2D eigenvalue weighted by Gasteiger charge is -2.20. The predicted molar refractivity (Wildman–Crippen MR) is 189 cm³/mol. The summed E-state index contributed by atoms with van der Waals surface area (Å²) in [6.07, 6.45) is -1.57. The third kappa shape index (κ3) is 7.81. The summed E-state index contributed by atoms with van der Waals surface area (Å²) in [4.78, 5) is 21.2. The summed E-state index contributed by atoms with van der Waals surface area (Å²) in [5.41, 5.74) is -1.05. The highest BCUT2D eigenvalue weighted by molar-refractivity contribution is 7.87. The molecule has 0 bridgehead atoms. The summed E-state index contributed by atoms with van der Waals surface area (Å²) < 4.78 is 69.7. The van der Waals surface area contributed by atoms with Crippen LogP contribution in [0.3, 0.4) is 0 Å². The Hall–Kier alpha value is -5.63. The number of aromatic nitrogens is 3. The number of nitrogens with one attached hydrogen (secondary N) is 1. The molecule has 1 unspecified atom stereocenters. The van der Waals surface area contributed by atoms with Crippen LogP contribution in [0.4, 0.5) is 28.7 Å². The van der Waals surface area contributed by atoms with Crippen LogP contribution in [-0.2, 0) is 24.4 Å². The third-order valence-electron chi connectivity index (χ3n) is 7.29. The Bertz CT molecular complexity index is 2580. The lowest BCUT2D eigenvalue weighted by atomic mass is 10.0. The Morgan fingerprint density at radius 3 is 2.04 bits per heavy atom. The number of azo groups is 1. The highest BCUT2D eigenvalue weighted by Crippen LogP contribution is 2.45. The van der Waals surface area contributed by atoms with E-state index in [2.05, 4.69) is 30.5 Å². The summed E-state index contributed by atoms with van der Waals surface area (Å²) in [5.74, 6) is -1.16. The molecule has 0 aliphatic heterocycles. The number of nitrogens with zero attached hydrogens (tertiary/aromatic N) is 6. The Balaban J connectivity index is 1.59. The average molecular weight is 783 g/mol. The monoisotopic (exact) mass is 781 g/mol. The first kappa shape index (κ1) is 36.2. The zero-order chi connectivity index (χ0) is 37.2. The maximum Gasteiger partial charge on any atom is 0.299 e. The van der Waals surface area contributed by atoms with Crippen molar-refractivity contribution < 1.29 is 35.6 Å². The van der Waals surface area contributed by atoms with E-state index in [1.54, 1.807) is 48.5 Å². The largest absolute Gasteiger partial charge is 0.505 e. The molecule has 6 aromatic rings. The van der Waals surface area contributed by atoms with E-state index in [-0.39, 0.29) is 49.8 Å². The van der Waals surface area contributed by atoms with Crippen molar-refractivity contribution in [2.45, 2.75) is 15.9 Å². The Morgan fingerprint density at radius 2 is 1.40 bits per heavy atom. The average Bonchev–Trinajstić information content (AvgIpc) is 3.10. The molecule has 3 N–H and O–H groups in total. The summed E-state index contributed by atoms with van der Waals surface area (Å²) in [5, 5.41) is 32.7. The van der Waals surface area contributed by atoms with Crippen LogP contribution in [0.25, 0.3) is 10.8 Å². The minimum Gasteiger partial charge on any atom is -0.505 e. The van der Waals surface area contributed by atoms with Crippen LogP contribution >= 0.6 is 23.2 Å². The van der Waals surface area contributed by atoms with Gasteiger partial charge < -0.3 is 10.4 Å². The van der Waals surface area contributed by atoms with E-state index in [0.29, 0.717) is 0 Å². The number of nitro benzene ring substituents is 1. The fourth-order valence-electron chi connectivity index (χ4n) is 5.05. The molecule has 264 valence electrons. The number of hydrogen-bond acceptors (Lipinski definition) is 14. The molecule has 0 aliphatic carbocycles. The van der Waals surface area contributed by atoms with Crippen molar-refractivity contribution in [3.05, 3.63) is 135 Å². The van der Waals surface area contributed by atoms with Crippen LogP contribution in [0.5, 0.6) is 5.75 Å². The summed E-state index contributed by atoms with van der Waals surface area (Å²) in [7, 11) is -10.1. The minimum atomic E-state index is -5.10. The maximum absolute atomic E-state index is 14.4. The molecule has 52 heavy (non-hydrogen) atoms. The van der Waals surface area contributed by atoms with Crippen molar-refractivity contribution in [2.75, 3.05) is 5.32 Å². The molecule has 0 saturated heterocycles. The number of halogens is 2. The molecule has 0 aliphatic rings. The normalized spacial score (nSPS) is 12.6. The molecule has 0 amide bonds. The lowest BCUT2D eigenvalue weighted by molar-refractivity contribution is -0.386. The summed E-state index contributed by atoms with van der Waals surface area (Å²) >= 11 is 11.9. The molecule has 0 saturated carbocycles. The number of para-hydroxylation sites is 1. The fraction of sp³-hybridized carbons (Fsp3) is 0.0312. The van der Waals surface area contributed by atoms with Crippen LogP contribution in [0.1, 0.15) is 17.2 Å². The quantitative estimate of drug-likeness (QED) is 0.0374. The van der Waals surface area contributed by atoms with Crippen LogP contribution in [-0.4, -0.2) is 46.4 Å². The second-order valence-electron chi connectivity index (χ2n) is 10.6. The number of aromatic hydroxyl groups is 1. The maximum atomic E-state index is 14.4. The molecule has 16 nitrogen and oxygen atoms in total. The molecule has 0 fully saturated rings. The van der Waals surface area contributed by atoms with Crippen molar-refractivity contribution in [3.63, 3.8) is 0 Å². The van der Waals surface area contributed by atoms with Gasteiger partial charge in [-0.25, -0.2) is 0 Å². The zero-order valence-electron chi connectivity index (χ0n) is 25.9. The van der Waals surface area contributed by atoms with E-state index in [4.69, 9.17) is 27.4 Å². The first-order valence-electron chi connectivity index (χ1n) is 14.5. The molecule has 0 spiro atoms. The van der Waals surface area contributed by atoms with Gasteiger partial charge in [0, 0.05) is 11.5 Å². The van der Waals surface area contributed by atoms with Gasteiger partial charge in [-0.15, -0.1) is 5.11 Å². The second kappa shape index (κ2) is 14.5. The van der Waals surface area contributed by atoms with Gasteiger partial charge in [0.2, 0.25) is 16.5 Å². The van der Waals surface area contributed by atoms with Gasteiger partial charge in [0.1, 0.15) is 21.6 Å². The minimum absolute atomic E-state index is 0.103. The van der Waals surface area contributed by atoms with Gasteiger partial charge in [0.25, 0.3) is 25.9 Å². The smallest absolute Gasteiger partial charge is 0.299 e. The molecular formula is C32H21Cl2N7O9S2. The number of phenolic OH excluding ortho intramolecular Hbond substituents is 1. The first-order valence-corrected chi connectivity index (χ1v) is 18.2. The van der Waals surface area contributed by atoms with Gasteiger partial charge in [-0.2, -0.15) is 36.9 Å². The number of fused-ring (bicyclic) bond motifs is 1. The number of phenols is 1. The molecule has 5 aromatic carbocycles. The van der Waals surface area contributed by atoms with Crippen molar-refractivity contribution in [2.24, 2.45) is 10.2 Å². The van der Waals surface area contributed by atoms with Crippen molar-refractivity contribution >= 4 is 82.9 Å². The van der Waals surface area contributed by atoms with Crippen LogP contribution < -0.4 is 5.32 Å². The SMILES string of the molecule is O=[N+]([O-])c1ccccc1C(OS(=O)(=O)c1cc2cc(S(=O)(=O)O)c(/N=N/c3ccccc3)c(O)c2cc1Nc1nc(Cl)nc(Cl)n1)c1ccccc1. The van der Waals surface area contributed by atoms with Crippen LogP contribution in [0, 0.1) is 10.1 Å². The highest BCUT2D eigenvalue weighted by Gasteiger charge is 2.33. The molecule has 1 aromatic heterocycles. The van der Waals surface area contributed by atoms with Crippen molar-refractivity contribution in [3.8, 4) is 5.75 Å². The van der Waals surface area contributed by atoms with Crippen molar-refractivity contribution in [1.29, 1.82) is 0 Å². The molecule has 0 radical (unpaired) electrons. The molecule has 1 heterocycles. The van der Waals surface area contributed by atoms with Crippen LogP contribution in [0.15, 0.2) is 123 Å². The predicted octanol–water partition coefficient (Wildman–Crippen LogP) is 7.85. The molecule has 6 rings (SSSR count). The Labute approximate surface area is 304 Å².